The maximum absolute atomic E-state index is 10.4. The van der Waals surface area contributed by atoms with Gasteiger partial charge in [0.15, 0.2) is 5.82 Å². The van der Waals surface area contributed by atoms with Gasteiger partial charge in [-0.3, -0.25) is 4.98 Å². The molecular formula is C21H21N5O. The third kappa shape index (κ3) is 3.42. The van der Waals surface area contributed by atoms with Gasteiger partial charge in [0.25, 0.3) is 0 Å². The molecule has 1 fully saturated rings. The van der Waals surface area contributed by atoms with Crippen molar-refractivity contribution in [2.75, 3.05) is 25.5 Å². The summed E-state index contributed by atoms with van der Waals surface area (Å²) in [4.78, 5) is 6.57. The number of pyridine rings is 1. The van der Waals surface area contributed by atoms with Gasteiger partial charge in [0.2, 0.25) is 0 Å². The van der Waals surface area contributed by atoms with Crippen molar-refractivity contribution < 1.29 is 5.11 Å². The summed E-state index contributed by atoms with van der Waals surface area (Å²) in [5, 5.41) is 24.5. The molecular weight excluding hydrogens is 338 g/mol. The SMILES string of the molecule is C#Cc1ccc(-c2nnc(NC3CCCN(C)C3)c3cnccc23)c(O)c1. The summed E-state index contributed by atoms with van der Waals surface area (Å²) < 4.78 is 0. The Morgan fingerprint density at radius 2 is 2.15 bits per heavy atom. The van der Waals surface area contributed by atoms with E-state index in [1.165, 1.54) is 0 Å². The number of aromatic nitrogens is 3. The van der Waals surface area contributed by atoms with Crippen LogP contribution in [0.2, 0.25) is 0 Å². The van der Waals surface area contributed by atoms with Crippen LogP contribution in [0, 0.1) is 12.3 Å². The zero-order chi connectivity index (χ0) is 18.8. The zero-order valence-electron chi connectivity index (χ0n) is 15.2. The van der Waals surface area contributed by atoms with Crippen molar-refractivity contribution in [2.45, 2.75) is 18.9 Å². The molecule has 6 heteroatoms. The van der Waals surface area contributed by atoms with E-state index in [0.29, 0.717) is 22.9 Å². The Balaban J connectivity index is 1.76. The van der Waals surface area contributed by atoms with Crippen molar-refractivity contribution >= 4 is 16.6 Å². The average molecular weight is 359 g/mol. The average Bonchev–Trinajstić information content (AvgIpc) is 2.68. The van der Waals surface area contributed by atoms with Gasteiger partial charge in [-0.15, -0.1) is 16.6 Å². The number of likely N-dealkylation sites (N-methyl/N-ethyl adjacent to an activating group) is 1. The van der Waals surface area contributed by atoms with E-state index in [2.05, 4.69) is 38.4 Å². The van der Waals surface area contributed by atoms with E-state index in [9.17, 15) is 5.11 Å². The molecule has 6 nitrogen and oxygen atoms in total. The van der Waals surface area contributed by atoms with E-state index >= 15 is 0 Å². The molecule has 136 valence electrons. The number of rotatable bonds is 3. The van der Waals surface area contributed by atoms with Gasteiger partial charge >= 0.3 is 0 Å². The molecule has 1 aromatic carbocycles. The molecule has 3 heterocycles. The summed E-state index contributed by atoms with van der Waals surface area (Å²) in [5.41, 5.74) is 1.83. The first-order valence-electron chi connectivity index (χ1n) is 9.01. The van der Waals surface area contributed by atoms with Crippen LogP contribution in [-0.2, 0) is 0 Å². The maximum atomic E-state index is 10.4. The Labute approximate surface area is 158 Å². The van der Waals surface area contributed by atoms with Crippen LogP contribution in [0.3, 0.4) is 0 Å². The molecule has 0 radical (unpaired) electrons. The number of anilines is 1. The Bertz CT molecular complexity index is 1030. The van der Waals surface area contributed by atoms with Gasteiger partial charge in [-0.2, -0.15) is 0 Å². The van der Waals surface area contributed by atoms with Gasteiger partial charge in [0.05, 0.1) is 0 Å². The van der Waals surface area contributed by atoms with Gasteiger partial charge < -0.3 is 15.3 Å². The van der Waals surface area contributed by atoms with Crippen LogP contribution in [0.5, 0.6) is 5.75 Å². The predicted octanol–water partition coefficient (Wildman–Crippen LogP) is 2.88. The number of terminal acetylenes is 1. The number of fused-ring (bicyclic) bond motifs is 1. The van der Waals surface area contributed by atoms with Gasteiger partial charge in [0, 0.05) is 46.9 Å². The molecule has 2 aromatic heterocycles. The fourth-order valence-corrected chi connectivity index (χ4v) is 3.60. The summed E-state index contributed by atoms with van der Waals surface area (Å²) in [6, 6.07) is 7.35. The highest BCUT2D eigenvalue weighted by Crippen LogP contribution is 2.34. The second kappa shape index (κ2) is 7.22. The first-order valence-corrected chi connectivity index (χ1v) is 9.01. The van der Waals surface area contributed by atoms with Crippen LogP contribution in [0.25, 0.3) is 22.0 Å². The highest BCUT2D eigenvalue weighted by atomic mass is 16.3. The quantitative estimate of drug-likeness (QED) is 0.701. The van der Waals surface area contributed by atoms with Crippen molar-refractivity contribution in [3.8, 4) is 29.4 Å². The molecule has 1 aliphatic rings. The Morgan fingerprint density at radius 1 is 1.26 bits per heavy atom. The van der Waals surface area contributed by atoms with Crippen molar-refractivity contribution in [1.29, 1.82) is 0 Å². The van der Waals surface area contributed by atoms with E-state index in [-0.39, 0.29) is 5.75 Å². The Morgan fingerprint density at radius 3 is 2.93 bits per heavy atom. The monoisotopic (exact) mass is 359 g/mol. The van der Waals surface area contributed by atoms with Gasteiger partial charge in [-0.25, -0.2) is 0 Å². The van der Waals surface area contributed by atoms with E-state index in [1.54, 1.807) is 30.6 Å². The standard InChI is InChI=1S/C21H21N5O/c1-3-14-6-7-17(19(27)11-14)20-16-8-9-22-12-18(16)21(25-24-20)23-15-5-4-10-26(2)13-15/h1,6-9,11-12,15,27H,4-5,10,13H2,2H3,(H,23,25). The van der Waals surface area contributed by atoms with Gasteiger partial charge in [-0.1, -0.05) is 5.92 Å². The van der Waals surface area contributed by atoms with E-state index in [1.807, 2.05) is 6.07 Å². The Kier molecular flexibility index (Phi) is 4.61. The minimum absolute atomic E-state index is 0.0903. The topological polar surface area (TPSA) is 74.2 Å². The number of piperidine rings is 1. The molecule has 1 unspecified atom stereocenters. The lowest BCUT2D eigenvalue weighted by Crippen LogP contribution is -2.40. The summed E-state index contributed by atoms with van der Waals surface area (Å²) in [7, 11) is 2.13. The number of phenolic OH excluding ortho intramolecular Hbond substituents is 1. The number of benzene rings is 1. The first-order chi connectivity index (χ1) is 13.2. The minimum atomic E-state index is 0.0903. The smallest absolute Gasteiger partial charge is 0.158 e. The normalized spacial score (nSPS) is 17.6. The lowest BCUT2D eigenvalue weighted by Gasteiger charge is -2.30. The lowest BCUT2D eigenvalue weighted by molar-refractivity contribution is 0.261. The molecule has 4 rings (SSSR count). The largest absolute Gasteiger partial charge is 0.507 e. The second-order valence-electron chi connectivity index (χ2n) is 6.94. The van der Waals surface area contributed by atoms with Crippen molar-refractivity contribution in [2.24, 2.45) is 0 Å². The first kappa shape index (κ1) is 17.3. The van der Waals surface area contributed by atoms with Crippen LogP contribution in [-0.4, -0.2) is 51.4 Å². The van der Waals surface area contributed by atoms with E-state index in [4.69, 9.17) is 6.42 Å². The molecule has 1 atom stereocenters. The fourth-order valence-electron chi connectivity index (χ4n) is 3.60. The number of phenols is 1. The zero-order valence-corrected chi connectivity index (χ0v) is 15.2. The highest BCUT2D eigenvalue weighted by Gasteiger charge is 2.20. The maximum Gasteiger partial charge on any atom is 0.158 e. The summed E-state index contributed by atoms with van der Waals surface area (Å²) in [6.45, 7) is 2.09. The minimum Gasteiger partial charge on any atom is -0.507 e. The summed E-state index contributed by atoms with van der Waals surface area (Å²) >= 11 is 0. The number of nitrogens with zero attached hydrogens (tertiary/aromatic N) is 4. The molecule has 27 heavy (non-hydrogen) atoms. The van der Waals surface area contributed by atoms with Crippen LogP contribution in [0.15, 0.2) is 36.7 Å². The molecule has 0 amide bonds. The number of nitrogens with one attached hydrogen (secondary N) is 1. The molecule has 0 spiro atoms. The summed E-state index contributed by atoms with van der Waals surface area (Å²) in [6.07, 6.45) is 11.2. The lowest BCUT2D eigenvalue weighted by atomic mass is 10.0. The van der Waals surface area contributed by atoms with E-state index < -0.39 is 0 Å². The van der Waals surface area contributed by atoms with Crippen LogP contribution >= 0.6 is 0 Å². The van der Waals surface area contributed by atoms with Crippen LogP contribution < -0.4 is 5.32 Å². The van der Waals surface area contributed by atoms with Crippen LogP contribution in [0.1, 0.15) is 18.4 Å². The van der Waals surface area contributed by atoms with Gasteiger partial charge in [0.1, 0.15) is 11.4 Å². The highest BCUT2D eigenvalue weighted by molar-refractivity contribution is 6.00. The number of hydrogen-bond donors (Lipinski definition) is 2. The third-order valence-corrected chi connectivity index (χ3v) is 4.97. The fraction of sp³-hybridized carbons (Fsp3) is 0.286. The molecule has 1 aliphatic heterocycles. The number of aromatic hydroxyl groups is 1. The third-order valence-electron chi connectivity index (χ3n) is 4.97. The van der Waals surface area contributed by atoms with Crippen molar-refractivity contribution in [3.63, 3.8) is 0 Å². The van der Waals surface area contributed by atoms with Crippen molar-refractivity contribution in [3.05, 3.63) is 42.2 Å². The molecule has 1 saturated heterocycles. The molecule has 3 aromatic rings. The molecule has 0 saturated carbocycles. The second-order valence-corrected chi connectivity index (χ2v) is 6.94. The van der Waals surface area contributed by atoms with Crippen LogP contribution in [0.4, 0.5) is 5.82 Å². The summed E-state index contributed by atoms with van der Waals surface area (Å²) in [5.74, 6) is 3.34. The number of hydrogen-bond acceptors (Lipinski definition) is 6. The molecule has 2 N–H and O–H groups in total. The Hall–Kier alpha value is -3.17. The molecule has 0 aliphatic carbocycles. The van der Waals surface area contributed by atoms with Crippen molar-refractivity contribution in [1.82, 2.24) is 20.1 Å². The van der Waals surface area contributed by atoms with E-state index in [0.717, 1.165) is 42.5 Å². The molecule has 0 bridgehead atoms. The number of likely N-dealkylation sites (tertiary alicyclic amines) is 1. The van der Waals surface area contributed by atoms with Gasteiger partial charge in [-0.05, 0) is 50.7 Å². The predicted molar refractivity (Wildman–Crippen MR) is 107 cm³/mol.